The summed E-state index contributed by atoms with van der Waals surface area (Å²) in [5, 5.41) is 0.602. The number of furan rings is 1. The molecule has 4 rings (SSSR count). The molecule has 164 valence electrons. The van der Waals surface area contributed by atoms with Gasteiger partial charge in [-0.2, -0.15) is 4.31 Å². The average molecular weight is 472 g/mol. The second-order valence-electron chi connectivity index (χ2n) is 7.01. The molecule has 0 saturated carbocycles. The van der Waals surface area contributed by atoms with Crippen molar-refractivity contribution in [2.75, 3.05) is 0 Å². The molecule has 3 aromatic carbocycles. The van der Waals surface area contributed by atoms with E-state index in [0.29, 0.717) is 27.8 Å². The number of benzene rings is 3. The van der Waals surface area contributed by atoms with Crippen LogP contribution in [-0.2, 0) is 23.1 Å². The maximum Gasteiger partial charge on any atom is 0.243 e. The van der Waals surface area contributed by atoms with Crippen molar-refractivity contribution in [3.05, 3.63) is 113 Å². The third-order valence-electron chi connectivity index (χ3n) is 4.67. The van der Waals surface area contributed by atoms with Gasteiger partial charge in [0, 0.05) is 11.6 Å². The van der Waals surface area contributed by atoms with E-state index in [1.807, 2.05) is 6.07 Å². The molecule has 32 heavy (non-hydrogen) atoms. The molecule has 8 heteroatoms. The van der Waals surface area contributed by atoms with Crippen molar-refractivity contribution in [1.29, 1.82) is 0 Å². The lowest BCUT2D eigenvalue weighted by molar-refractivity contribution is 0.358. The lowest BCUT2D eigenvalue weighted by Gasteiger charge is -2.22. The fourth-order valence-corrected chi connectivity index (χ4v) is 4.63. The van der Waals surface area contributed by atoms with Crippen LogP contribution in [0.25, 0.3) is 0 Å². The van der Waals surface area contributed by atoms with Crippen LogP contribution >= 0.6 is 11.6 Å². The Labute approximate surface area is 190 Å². The molecule has 0 fully saturated rings. The Hall–Kier alpha value is -3.13. The molecule has 0 unspecified atom stereocenters. The zero-order chi connectivity index (χ0) is 22.6. The molecular formula is C24H19ClFNO4S. The summed E-state index contributed by atoms with van der Waals surface area (Å²) in [6, 6.07) is 22.2. The summed E-state index contributed by atoms with van der Waals surface area (Å²) in [5.74, 6) is 1.15. The van der Waals surface area contributed by atoms with Crippen LogP contribution in [0.5, 0.6) is 11.5 Å². The summed E-state index contributed by atoms with van der Waals surface area (Å²) >= 11 is 5.91. The molecule has 0 N–H and O–H groups in total. The number of rotatable bonds is 8. The van der Waals surface area contributed by atoms with E-state index in [1.165, 1.54) is 22.7 Å². The SMILES string of the molecule is O=S(=O)(c1ccc(F)cc1)N(Cc1cccc(Oc2ccc(Cl)cc2)c1)Cc1ccco1. The molecule has 0 amide bonds. The normalized spacial score (nSPS) is 11.6. The molecule has 5 nitrogen and oxygen atoms in total. The standard InChI is InChI=1S/C24H19ClFNO4S/c25-19-6-10-21(11-7-19)31-22-4-1-3-18(15-22)16-27(17-23-5-2-14-30-23)32(28,29)24-12-8-20(26)9-13-24/h1-15H,16-17H2. The van der Waals surface area contributed by atoms with Crippen molar-refractivity contribution in [3.8, 4) is 11.5 Å². The van der Waals surface area contributed by atoms with Crippen LogP contribution in [0.4, 0.5) is 4.39 Å². The Morgan fingerprint density at radius 3 is 2.31 bits per heavy atom. The predicted octanol–water partition coefficient (Wildman–Crippen LogP) is 6.26. The molecular weight excluding hydrogens is 453 g/mol. The predicted molar refractivity (Wildman–Crippen MR) is 120 cm³/mol. The molecule has 4 aromatic rings. The van der Waals surface area contributed by atoms with E-state index < -0.39 is 15.8 Å². The first-order valence-corrected chi connectivity index (χ1v) is 11.5. The van der Waals surface area contributed by atoms with Crippen LogP contribution in [0.1, 0.15) is 11.3 Å². The number of sulfonamides is 1. The van der Waals surface area contributed by atoms with Gasteiger partial charge in [0.1, 0.15) is 23.1 Å². The summed E-state index contributed by atoms with van der Waals surface area (Å²) in [7, 11) is -3.92. The summed E-state index contributed by atoms with van der Waals surface area (Å²) in [5.41, 5.74) is 0.716. The smallest absolute Gasteiger partial charge is 0.243 e. The van der Waals surface area contributed by atoms with Crippen molar-refractivity contribution in [2.24, 2.45) is 0 Å². The Morgan fingerprint density at radius 1 is 0.875 bits per heavy atom. The first-order valence-electron chi connectivity index (χ1n) is 9.71. The Bertz CT molecular complexity index is 1270. The Balaban J connectivity index is 1.61. The molecule has 0 atom stereocenters. The zero-order valence-electron chi connectivity index (χ0n) is 16.8. The van der Waals surface area contributed by atoms with E-state index in [9.17, 15) is 12.8 Å². The number of halogens is 2. The molecule has 0 radical (unpaired) electrons. The highest BCUT2D eigenvalue weighted by molar-refractivity contribution is 7.89. The van der Waals surface area contributed by atoms with Crippen molar-refractivity contribution >= 4 is 21.6 Å². The molecule has 1 aromatic heterocycles. The Kier molecular flexibility index (Phi) is 6.60. The highest BCUT2D eigenvalue weighted by Gasteiger charge is 2.26. The van der Waals surface area contributed by atoms with Gasteiger partial charge in [-0.25, -0.2) is 12.8 Å². The van der Waals surface area contributed by atoms with Gasteiger partial charge in [0.25, 0.3) is 0 Å². The first-order chi connectivity index (χ1) is 15.4. The van der Waals surface area contributed by atoms with Crippen molar-refractivity contribution in [2.45, 2.75) is 18.0 Å². The maximum atomic E-state index is 13.3. The maximum absolute atomic E-state index is 13.3. The molecule has 0 bridgehead atoms. The van der Waals surface area contributed by atoms with E-state index in [0.717, 1.165) is 12.1 Å². The number of hydrogen-bond donors (Lipinski definition) is 0. The average Bonchev–Trinajstić information content (AvgIpc) is 3.29. The van der Waals surface area contributed by atoms with E-state index in [4.69, 9.17) is 20.8 Å². The van der Waals surface area contributed by atoms with E-state index >= 15 is 0 Å². The van der Waals surface area contributed by atoms with Gasteiger partial charge < -0.3 is 9.15 Å². The first kappa shape index (κ1) is 22.1. The molecule has 0 aliphatic heterocycles. The van der Waals surface area contributed by atoms with Crippen molar-refractivity contribution in [3.63, 3.8) is 0 Å². The van der Waals surface area contributed by atoms with Gasteiger partial charge in [0.2, 0.25) is 10.0 Å². The fraction of sp³-hybridized carbons (Fsp3) is 0.0833. The van der Waals surface area contributed by atoms with Crippen molar-refractivity contribution in [1.82, 2.24) is 4.31 Å². The minimum atomic E-state index is -3.92. The number of ether oxygens (including phenoxy) is 1. The quantitative estimate of drug-likeness (QED) is 0.304. The zero-order valence-corrected chi connectivity index (χ0v) is 18.4. The van der Waals surface area contributed by atoms with E-state index in [-0.39, 0.29) is 18.0 Å². The lowest BCUT2D eigenvalue weighted by atomic mass is 10.2. The van der Waals surface area contributed by atoms with Gasteiger partial charge >= 0.3 is 0 Å². The van der Waals surface area contributed by atoms with Gasteiger partial charge in [-0.05, 0) is 78.4 Å². The molecule has 0 aliphatic carbocycles. The van der Waals surface area contributed by atoms with Crippen LogP contribution < -0.4 is 4.74 Å². The van der Waals surface area contributed by atoms with Gasteiger partial charge in [0.15, 0.2) is 0 Å². The molecule has 1 heterocycles. The highest BCUT2D eigenvalue weighted by Crippen LogP contribution is 2.26. The summed E-state index contributed by atoms with van der Waals surface area (Å²) in [6.45, 7) is 0.0905. The van der Waals surface area contributed by atoms with Gasteiger partial charge in [-0.15, -0.1) is 0 Å². The monoisotopic (exact) mass is 471 g/mol. The summed E-state index contributed by atoms with van der Waals surface area (Å²) in [4.78, 5) is -0.000903. The highest BCUT2D eigenvalue weighted by atomic mass is 35.5. The minimum absolute atomic E-state index is 0.000903. The summed E-state index contributed by atoms with van der Waals surface area (Å²) < 4.78 is 52.4. The van der Waals surface area contributed by atoms with Crippen LogP contribution in [-0.4, -0.2) is 12.7 Å². The van der Waals surface area contributed by atoms with Crippen LogP contribution in [0.15, 0.2) is 101 Å². The van der Waals surface area contributed by atoms with E-state index in [1.54, 1.807) is 54.6 Å². The number of hydrogen-bond acceptors (Lipinski definition) is 4. The molecule has 0 saturated heterocycles. The topological polar surface area (TPSA) is 59.8 Å². The van der Waals surface area contributed by atoms with Gasteiger partial charge in [0.05, 0.1) is 17.7 Å². The Morgan fingerprint density at radius 2 is 1.62 bits per heavy atom. The largest absolute Gasteiger partial charge is 0.468 e. The van der Waals surface area contributed by atoms with Crippen LogP contribution in [0.3, 0.4) is 0 Å². The van der Waals surface area contributed by atoms with Gasteiger partial charge in [-0.1, -0.05) is 23.7 Å². The molecule has 0 spiro atoms. The second kappa shape index (κ2) is 9.56. The lowest BCUT2D eigenvalue weighted by Crippen LogP contribution is -2.30. The van der Waals surface area contributed by atoms with Crippen LogP contribution in [0.2, 0.25) is 5.02 Å². The third kappa shape index (κ3) is 5.37. The van der Waals surface area contributed by atoms with Gasteiger partial charge in [-0.3, -0.25) is 0 Å². The van der Waals surface area contributed by atoms with Crippen LogP contribution in [0, 0.1) is 5.82 Å². The second-order valence-corrected chi connectivity index (χ2v) is 9.38. The van der Waals surface area contributed by atoms with Crippen molar-refractivity contribution < 1.29 is 22.0 Å². The number of nitrogens with zero attached hydrogens (tertiary/aromatic N) is 1. The van der Waals surface area contributed by atoms with E-state index in [2.05, 4.69) is 0 Å². The summed E-state index contributed by atoms with van der Waals surface area (Å²) in [6.07, 6.45) is 1.48. The molecule has 0 aliphatic rings. The fourth-order valence-electron chi connectivity index (χ4n) is 3.11. The minimum Gasteiger partial charge on any atom is -0.468 e. The third-order valence-corrected chi connectivity index (χ3v) is 6.73.